The summed E-state index contributed by atoms with van der Waals surface area (Å²) in [6.45, 7) is 0. The summed E-state index contributed by atoms with van der Waals surface area (Å²) in [4.78, 5) is 25.7. The van der Waals surface area contributed by atoms with Gasteiger partial charge in [-0.3, -0.25) is 9.59 Å². The van der Waals surface area contributed by atoms with Crippen molar-refractivity contribution in [1.82, 2.24) is 4.98 Å². The highest BCUT2D eigenvalue weighted by atomic mass is 35.5. The molecule has 0 spiro atoms. The number of rotatable bonds is 3. The van der Waals surface area contributed by atoms with Crippen molar-refractivity contribution >= 4 is 46.2 Å². The third-order valence-electron chi connectivity index (χ3n) is 3.25. The molecule has 3 rings (SSSR count). The minimum atomic E-state index is -0.604. The molecule has 0 atom stereocenters. The zero-order valence-electron chi connectivity index (χ0n) is 10.7. The molecule has 0 aliphatic carbocycles. The average Bonchev–Trinajstić information content (AvgIpc) is 2.86. The van der Waals surface area contributed by atoms with Crippen molar-refractivity contribution in [3.63, 3.8) is 0 Å². The first-order valence-electron chi connectivity index (χ1n) is 6.17. The molecule has 0 unspecified atom stereocenters. The number of aldehydes is 1. The van der Waals surface area contributed by atoms with Gasteiger partial charge in [-0.05, 0) is 35.9 Å². The Labute approximate surface area is 130 Å². The van der Waals surface area contributed by atoms with Crippen LogP contribution >= 0.6 is 23.2 Å². The van der Waals surface area contributed by atoms with Crippen molar-refractivity contribution in [2.24, 2.45) is 0 Å². The standard InChI is InChI=1S/C16H9Cl2NO2/c17-10-3-1-9(2-4-10)15-12-7-11(18)5-6-13(12)19-16(15)14(21)8-20/h1-8,19H. The zero-order valence-corrected chi connectivity index (χ0v) is 12.2. The molecule has 1 aromatic heterocycles. The molecular formula is C16H9Cl2NO2. The van der Waals surface area contributed by atoms with Gasteiger partial charge in [-0.1, -0.05) is 35.3 Å². The van der Waals surface area contributed by atoms with Gasteiger partial charge in [-0.15, -0.1) is 0 Å². The molecule has 0 amide bonds. The molecule has 0 saturated heterocycles. The minimum Gasteiger partial charge on any atom is -0.351 e. The van der Waals surface area contributed by atoms with Crippen LogP contribution in [0.3, 0.4) is 0 Å². The molecule has 5 heteroatoms. The van der Waals surface area contributed by atoms with Crippen molar-refractivity contribution in [2.45, 2.75) is 0 Å². The Kier molecular flexibility index (Phi) is 3.53. The minimum absolute atomic E-state index is 0.254. The SMILES string of the molecule is O=CC(=O)c1[nH]c2ccc(Cl)cc2c1-c1ccc(Cl)cc1. The van der Waals surface area contributed by atoms with Crippen LogP contribution in [0.5, 0.6) is 0 Å². The Balaban J connectivity index is 2.36. The van der Waals surface area contributed by atoms with Crippen molar-refractivity contribution in [2.75, 3.05) is 0 Å². The fourth-order valence-electron chi connectivity index (χ4n) is 2.32. The van der Waals surface area contributed by atoms with Gasteiger partial charge in [0.25, 0.3) is 0 Å². The molecule has 3 nitrogen and oxygen atoms in total. The molecule has 0 aliphatic heterocycles. The van der Waals surface area contributed by atoms with Gasteiger partial charge >= 0.3 is 0 Å². The summed E-state index contributed by atoms with van der Waals surface area (Å²) in [7, 11) is 0. The Bertz CT molecular complexity index is 851. The van der Waals surface area contributed by atoms with Gasteiger partial charge in [0.1, 0.15) is 0 Å². The monoisotopic (exact) mass is 317 g/mol. The summed E-state index contributed by atoms with van der Waals surface area (Å²) in [6, 6.07) is 12.3. The first kappa shape index (κ1) is 13.9. The normalized spacial score (nSPS) is 10.8. The number of aromatic nitrogens is 1. The van der Waals surface area contributed by atoms with Crippen molar-refractivity contribution in [3.8, 4) is 11.1 Å². The zero-order chi connectivity index (χ0) is 15.0. The lowest BCUT2D eigenvalue weighted by molar-refractivity contribution is -0.104. The fraction of sp³-hybridized carbons (Fsp3) is 0. The Hall–Kier alpha value is -2.10. The van der Waals surface area contributed by atoms with E-state index in [1.54, 1.807) is 42.5 Å². The average molecular weight is 318 g/mol. The first-order valence-corrected chi connectivity index (χ1v) is 6.92. The molecule has 21 heavy (non-hydrogen) atoms. The van der Waals surface area contributed by atoms with Gasteiger partial charge in [-0.25, -0.2) is 0 Å². The Morgan fingerprint density at radius 1 is 1.00 bits per heavy atom. The molecule has 104 valence electrons. The van der Waals surface area contributed by atoms with Crippen LogP contribution in [0.4, 0.5) is 0 Å². The van der Waals surface area contributed by atoms with Gasteiger partial charge in [-0.2, -0.15) is 0 Å². The number of halogens is 2. The highest BCUT2D eigenvalue weighted by Gasteiger charge is 2.18. The maximum Gasteiger partial charge on any atom is 0.242 e. The highest BCUT2D eigenvalue weighted by Crippen LogP contribution is 2.34. The van der Waals surface area contributed by atoms with Gasteiger partial charge in [0, 0.05) is 26.5 Å². The lowest BCUT2D eigenvalue weighted by Crippen LogP contribution is -2.02. The summed E-state index contributed by atoms with van der Waals surface area (Å²) in [6.07, 6.45) is 0.297. The number of ketones is 1. The molecule has 0 aliphatic rings. The van der Waals surface area contributed by atoms with Crippen LogP contribution in [0.25, 0.3) is 22.0 Å². The van der Waals surface area contributed by atoms with Crippen LogP contribution < -0.4 is 0 Å². The van der Waals surface area contributed by atoms with Crippen LogP contribution in [0, 0.1) is 0 Å². The van der Waals surface area contributed by atoms with E-state index in [1.807, 2.05) is 0 Å². The molecule has 1 heterocycles. The van der Waals surface area contributed by atoms with Crippen LogP contribution in [0.15, 0.2) is 42.5 Å². The predicted octanol–water partition coefficient (Wildman–Crippen LogP) is 4.52. The van der Waals surface area contributed by atoms with E-state index in [2.05, 4.69) is 4.98 Å². The Morgan fingerprint density at radius 3 is 2.33 bits per heavy atom. The number of hydrogen-bond donors (Lipinski definition) is 1. The second-order valence-corrected chi connectivity index (χ2v) is 5.43. The quantitative estimate of drug-likeness (QED) is 0.438. The summed E-state index contributed by atoms with van der Waals surface area (Å²) in [5.41, 5.74) is 2.44. The molecule has 3 aromatic rings. The number of carbonyl (C=O) groups is 2. The molecule has 0 radical (unpaired) electrons. The molecular weight excluding hydrogens is 309 g/mol. The van der Waals surface area contributed by atoms with E-state index in [9.17, 15) is 9.59 Å². The molecule has 0 fully saturated rings. The van der Waals surface area contributed by atoms with Gasteiger partial charge in [0.2, 0.25) is 5.78 Å². The number of aromatic amines is 1. The first-order chi connectivity index (χ1) is 10.1. The Morgan fingerprint density at radius 2 is 1.67 bits per heavy atom. The maximum absolute atomic E-state index is 11.9. The number of Topliss-reactive ketones (excluding diaryl/α,β-unsaturated/α-hetero) is 1. The lowest BCUT2D eigenvalue weighted by atomic mass is 10.0. The highest BCUT2D eigenvalue weighted by molar-refractivity contribution is 6.36. The van der Waals surface area contributed by atoms with Crippen LogP contribution in [-0.2, 0) is 4.79 Å². The van der Waals surface area contributed by atoms with Crippen molar-refractivity contribution in [3.05, 3.63) is 58.2 Å². The lowest BCUT2D eigenvalue weighted by Gasteiger charge is -2.03. The second-order valence-electron chi connectivity index (χ2n) is 4.55. The van der Waals surface area contributed by atoms with E-state index in [0.29, 0.717) is 21.9 Å². The van der Waals surface area contributed by atoms with Crippen LogP contribution in [-0.4, -0.2) is 17.1 Å². The summed E-state index contributed by atoms with van der Waals surface area (Å²) in [5.74, 6) is -0.604. The predicted molar refractivity (Wildman–Crippen MR) is 84.1 cm³/mol. The summed E-state index contributed by atoms with van der Waals surface area (Å²) >= 11 is 11.9. The third kappa shape index (κ3) is 2.46. The molecule has 0 bridgehead atoms. The van der Waals surface area contributed by atoms with Crippen molar-refractivity contribution < 1.29 is 9.59 Å². The summed E-state index contributed by atoms with van der Waals surface area (Å²) < 4.78 is 0. The number of hydrogen-bond acceptors (Lipinski definition) is 2. The number of H-pyrrole nitrogens is 1. The van der Waals surface area contributed by atoms with E-state index in [4.69, 9.17) is 23.2 Å². The number of nitrogens with one attached hydrogen (secondary N) is 1. The van der Waals surface area contributed by atoms with E-state index in [0.717, 1.165) is 16.5 Å². The van der Waals surface area contributed by atoms with E-state index in [1.165, 1.54) is 0 Å². The van der Waals surface area contributed by atoms with Gasteiger partial charge in [0.15, 0.2) is 6.29 Å². The van der Waals surface area contributed by atoms with E-state index in [-0.39, 0.29) is 5.69 Å². The number of benzene rings is 2. The molecule has 1 N–H and O–H groups in total. The second kappa shape index (κ2) is 5.35. The van der Waals surface area contributed by atoms with Gasteiger partial charge < -0.3 is 4.98 Å². The van der Waals surface area contributed by atoms with Crippen LogP contribution in [0.1, 0.15) is 10.5 Å². The number of fused-ring (bicyclic) bond motifs is 1. The summed E-state index contributed by atoms with van der Waals surface area (Å²) in [5, 5.41) is 1.94. The fourth-order valence-corrected chi connectivity index (χ4v) is 2.62. The third-order valence-corrected chi connectivity index (χ3v) is 3.73. The molecule has 0 saturated carbocycles. The van der Waals surface area contributed by atoms with Crippen LogP contribution in [0.2, 0.25) is 10.0 Å². The maximum atomic E-state index is 11.9. The van der Waals surface area contributed by atoms with E-state index >= 15 is 0 Å². The van der Waals surface area contributed by atoms with Crippen molar-refractivity contribution in [1.29, 1.82) is 0 Å². The van der Waals surface area contributed by atoms with Gasteiger partial charge in [0.05, 0.1) is 5.69 Å². The molecule has 2 aromatic carbocycles. The smallest absolute Gasteiger partial charge is 0.242 e. The van der Waals surface area contributed by atoms with E-state index < -0.39 is 5.78 Å². The number of carbonyl (C=O) groups excluding carboxylic acids is 2. The topological polar surface area (TPSA) is 49.9 Å². The largest absolute Gasteiger partial charge is 0.351 e.